The first-order valence-electron chi connectivity index (χ1n) is 9.59. The average molecular weight is 386 g/mol. The van der Waals surface area contributed by atoms with E-state index < -0.39 is 5.41 Å². The summed E-state index contributed by atoms with van der Waals surface area (Å²) in [6, 6.07) is 7.69. The minimum atomic E-state index is -0.678. The van der Waals surface area contributed by atoms with E-state index in [0.29, 0.717) is 23.5 Å². The maximum atomic E-state index is 13.3. The topological polar surface area (TPSA) is 76.1 Å². The number of pyridine rings is 1. The molecule has 0 N–H and O–H groups in total. The molecule has 2 aromatic heterocycles. The normalized spacial score (nSPS) is 14.8. The zero-order chi connectivity index (χ0) is 20.8. The Morgan fingerprint density at radius 3 is 2.45 bits per heavy atom. The highest BCUT2D eigenvalue weighted by atomic mass is 16.2. The van der Waals surface area contributed by atoms with E-state index in [0.717, 1.165) is 22.4 Å². The summed E-state index contributed by atoms with van der Waals surface area (Å²) < 4.78 is 0. The lowest BCUT2D eigenvalue weighted by Gasteiger charge is -2.20. The third-order valence-corrected chi connectivity index (χ3v) is 5.39. The minimum Gasteiger partial charge on any atom is -0.294 e. The van der Waals surface area contributed by atoms with Crippen LogP contribution >= 0.6 is 0 Å². The summed E-state index contributed by atoms with van der Waals surface area (Å²) in [7, 11) is 0. The van der Waals surface area contributed by atoms with Gasteiger partial charge in [0.15, 0.2) is 5.78 Å². The number of ketones is 1. The van der Waals surface area contributed by atoms with Crippen LogP contribution in [-0.2, 0) is 10.2 Å². The summed E-state index contributed by atoms with van der Waals surface area (Å²) in [4.78, 5) is 39.9. The van der Waals surface area contributed by atoms with Crippen LogP contribution in [0.2, 0.25) is 0 Å². The number of carbonyl (C=O) groups is 2. The molecule has 146 valence electrons. The van der Waals surface area contributed by atoms with Gasteiger partial charge in [0.1, 0.15) is 5.82 Å². The largest absolute Gasteiger partial charge is 0.294 e. The first-order valence-corrected chi connectivity index (χ1v) is 9.59. The molecule has 0 spiro atoms. The maximum absolute atomic E-state index is 13.3. The van der Waals surface area contributed by atoms with E-state index in [1.807, 2.05) is 45.9 Å². The molecule has 6 nitrogen and oxygen atoms in total. The molecule has 29 heavy (non-hydrogen) atoms. The van der Waals surface area contributed by atoms with Crippen LogP contribution in [0.3, 0.4) is 0 Å². The Kier molecular flexibility index (Phi) is 4.49. The number of fused-ring (bicyclic) bond motifs is 1. The quantitative estimate of drug-likeness (QED) is 0.621. The summed E-state index contributed by atoms with van der Waals surface area (Å²) in [5.41, 5.74) is 3.96. The summed E-state index contributed by atoms with van der Waals surface area (Å²) in [5.74, 6) is 0.653. The van der Waals surface area contributed by atoms with Gasteiger partial charge in [-0.15, -0.1) is 0 Å². The molecule has 0 saturated carbocycles. The van der Waals surface area contributed by atoms with Crippen LogP contribution in [0.4, 0.5) is 11.4 Å². The van der Waals surface area contributed by atoms with Gasteiger partial charge in [-0.25, -0.2) is 9.97 Å². The van der Waals surface area contributed by atoms with E-state index in [2.05, 4.69) is 15.0 Å². The van der Waals surface area contributed by atoms with E-state index >= 15 is 0 Å². The standard InChI is InChI=1S/C23H22N4O2/c1-5-21(28)16-8-18(13-24-10-16)27-20-9-15(17-11-25-14(2)26-12-17)6-7-19(20)23(3,4)22(27)29/h6-13H,5H2,1-4H3. The number of amides is 1. The molecule has 0 unspecified atom stereocenters. The second kappa shape index (κ2) is 6.88. The number of rotatable bonds is 4. The van der Waals surface area contributed by atoms with Crippen LogP contribution in [0.15, 0.2) is 49.1 Å². The monoisotopic (exact) mass is 386 g/mol. The Morgan fingerprint density at radius 1 is 1.03 bits per heavy atom. The number of carbonyl (C=O) groups excluding carboxylic acids is 2. The molecule has 6 heteroatoms. The third kappa shape index (κ3) is 3.10. The predicted octanol–water partition coefficient (Wildman–Crippen LogP) is 4.40. The molecule has 0 radical (unpaired) electrons. The van der Waals surface area contributed by atoms with Crippen molar-refractivity contribution in [2.24, 2.45) is 0 Å². The summed E-state index contributed by atoms with van der Waals surface area (Å²) in [6.45, 7) is 7.48. The van der Waals surface area contributed by atoms with Crippen LogP contribution in [-0.4, -0.2) is 26.6 Å². The van der Waals surface area contributed by atoms with E-state index in [9.17, 15) is 9.59 Å². The van der Waals surface area contributed by atoms with Gasteiger partial charge >= 0.3 is 0 Å². The van der Waals surface area contributed by atoms with Gasteiger partial charge in [-0.05, 0) is 44.0 Å². The highest BCUT2D eigenvalue weighted by Crippen LogP contribution is 2.46. The molecule has 0 aliphatic carbocycles. The molecular weight excluding hydrogens is 364 g/mol. The van der Waals surface area contributed by atoms with Crippen molar-refractivity contribution in [1.29, 1.82) is 0 Å². The summed E-state index contributed by atoms with van der Waals surface area (Å²) >= 11 is 0. The first kappa shape index (κ1) is 18.9. The van der Waals surface area contributed by atoms with Gasteiger partial charge in [-0.1, -0.05) is 19.1 Å². The van der Waals surface area contributed by atoms with E-state index in [4.69, 9.17) is 0 Å². The van der Waals surface area contributed by atoms with Crippen molar-refractivity contribution in [3.63, 3.8) is 0 Å². The van der Waals surface area contributed by atoms with Gasteiger partial charge < -0.3 is 0 Å². The third-order valence-electron chi connectivity index (χ3n) is 5.39. The fraction of sp³-hybridized carbons (Fsp3) is 0.261. The number of Topliss-reactive ketones (excluding diaryl/α,β-unsaturated/α-hetero) is 1. The van der Waals surface area contributed by atoms with Crippen molar-refractivity contribution in [3.05, 3.63) is 66.0 Å². The molecule has 3 aromatic rings. The van der Waals surface area contributed by atoms with Crippen molar-refractivity contribution in [3.8, 4) is 11.1 Å². The lowest BCUT2D eigenvalue weighted by atomic mass is 9.85. The highest BCUT2D eigenvalue weighted by Gasteiger charge is 2.44. The number of aryl methyl sites for hydroxylation is 1. The fourth-order valence-electron chi connectivity index (χ4n) is 3.63. The number of benzene rings is 1. The Hall–Kier alpha value is -3.41. The zero-order valence-electron chi connectivity index (χ0n) is 16.9. The molecule has 4 rings (SSSR count). The van der Waals surface area contributed by atoms with Crippen molar-refractivity contribution in [2.75, 3.05) is 4.90 Å². The van der Waals surface area contributed by atoms with E-state index in [-0.39, 0.29) is 11.7 Å². The molecule has 0 atom stereocenters. The van der Waals surface area contributed by atoms with Gasteiger partial charge in [-0.2, -0.15) is 0 Å². The highest BCUT2D eigenvalue weighted by molar-refractivity contribution is 6.13. The van der Waals surface area contributed by atoms with Crippen LogP contribution in [0.1, 0.15) is 48.9 Å². The number of nitrogens with zero attached hydrogens (tertiary/aromatic N) is 4. The molecule has 1 aromatic carbocycles. The second-order valence-corrected chi connectivity index (χ2v) is 7.72. The van der Waals surface area contributed by atoms with Gasteiger partial charge in [0.2, 0.25) is 5.91 Å². The molecule has 1 amide bonds. The maximum Gasteiger partial charge on any atom is 0.241 e. The van der Waals surface area contributed by atoms with E-state index in [1.165, 1.54) is 0 Å². The van der Waals surface area contributed by atoms with Crippen molar-refractivity contribution < 1.29 is 9.59 Å². The Bertz CT molecular complexity index is 1120. The van der Waals surface area contributed by atoms with Gasteiger partial charge in [0.25, 0.3) is 0 Å². The van der Waals surface area contributed by atoms with Crippen LogP contribution < -0.4 is 4.90 Å². The lowest BCUT2D eigenvalue weighted by Crippen LogP contribution is -2.33. The average Bonchev–Trinajstić information content (AvgIpc) is 2.93. The second-order valence-electron chi connectivity index (χ2n) is 7.72. The van der Waals surface area contributed by atoms with Gasteiger partial charge in [0.05, 0.1) is 23.0 Å². The number of aromatic nitrogens is 3. The summed E-state index contributed by atoms with van der Waals surface area (Å²) in [5, 5.41) is 0. The molecule has 0 saturated heterocycles. The Balaban J connectivity index is 1.86. The first-order chi connectivity index (χ1) is 13.8. The predicted molar refractivity (Wildman–Crippen MR) is 111 cm³/mol. The molecule has 0 fully saturated rings. The van der Waals surface area contributed by atoms with Gasteiger partial charge in [-0.3, -0.25) is 19.5 Å². The van der Waals surface area contributed by atoms with Crippen molar-refractivity contribution >= 4 is 23.1 Å². The van der Waals surface area contributed by atoms with Crippen LogP contribution in [0, 0.1) is 6.92 Å². The van der Waals surface area contributed by atoms with Gasteiger partial charge in [0, 0.05) is 36.1 Å². The lowest BCUT2D eigenvalue weighted by molar-refractivity contribution is -0.121. The van der Waals surface area contributed by atoms with Crippen molar-refractivity contribution in [2.45, 2.75) is 39.5 Å². The fourth-order valence-corrected chi connectivity index (χ4v) is 3.63. The number of hydrogen-bond acceptors (Lipinski definition) is 5. The smallest absolute Gasteiger partial charge is 0.241 e. The molecular formula is C23H22N4O2. The number of anilines is 2. The summed E-state index contributed by atoms with van der Waals surface area (Å²) in [6.07, 6.45) is 7.11. The molecule has 0 bridgehead atoms. The SMILES string of the molecule is CCC(=O)c1cncc(N2C(=O)C(C)(C)c3ccc(-c4cnc(C)nc4)cc32)c1. The Morgan fingerprint density at radius 2 is 1.76 bits per heavy atom. The van der Waals surface area contributed by atoms with Crippen molar-refractivity contribution in [1.82, 2.24) is 15.0 Å². The number of hydrogen-bond donors (Lipinski definition) is 0. The Labute approximate surface area is 169 Å². The minimum absolute atomic E-state index is 0.00367. The van der Waals surface area contributed by atoms with Crippen LogP contribution in [0.5, 0.6) is 0 Å². The molecule has 1 aliphatic heterocycles. The molecule has 1 aliphatic rings. The van der Waals surface area contributed by atoms with Crippen LogP contribution in [0.25, 0.3) is 11.1 Å². The van der Waals surface area contributed by atoms with E-state index in [1.54, 1.807) is 35.8 Å². The zero-order valence-corrected chi connectivity index (χ0v) is 16.9. The molecule has 3 heterocycles.